The Balaban J connectivity index is 1.68. The fourth-order valence-electron chi connectivity index (χ4n) is 3.36. The minimum Gasteiger partial charge on any atom is -0.366 e. The van der Waals surface area contributed by atoms with Crippen molar-refractivity contribution in [2.24, 2.45) is 5.73 Å². The fourth-order valence-corrected chi connectivity index (χ4v) is 3.36. The smallest absolute Gasteiger partial charge is 0.274 e. The molecular formula is C23H17FN6O2. The number of rotatable bonds is 5. The minimum absolute atomic E-state index is 0.0212. The Labute approximate surface area is 182 Å². The van der Waals surface area contributed by atoms with E-state index in [1.54, 1.807) is 48.0 Å². The van der Waals surface area contributed by atoms with Gasteiger partial charge in [-0.25, -0.2) is 9.37 Å². The van der Waals surface area contributed by atoms with Gasteiger partial charge in [-0.3, -0.25) is 14.3 Å². The van der Waals surface area contributed by atoms with Crippen LogP contribution in [0.5, 0.6) is 0 Å². The first-order valence-corrected chi connectivity index (χ1v) is 9.60. The van der Waals surface area contributed by atoms with Crippen LogP contribution < -0.4 is 11.1 Å². The number of amides is 2. The highest BCUT2D eigenvalue weighted by Crippen LogP contribution is 2.23. The lowest BCUT2D eigenvalue weighted by atomic mass is 10.1. The molecule has 0 radical (unpaired) electrons. The first kappa shape index (κ1) is 20.7. The van der Waals surface area contributed by atoms with Crippen LogP contribution in [0.15, 0.2) is 54.6 Å². The third kappa shape index (κ3) is 3.89. The van der Waals surface area contributed by atoms with Crippen molar-refractivity contribution in [3.63, 3.8) is 0 Å². The summed E-state index contributed by atoms with van der Waals surface area (Å²) in [6.45, 7) is 1.99. The molecule has 0 atom stereocenters. The van der Waals surface area contributed by atoms with Gasteiger partial charge in [-0.05, 0) is 36.8 Å². The monoisotopic (exact) mass is 428 g/mol. The molecule has 0 aliphatic rings. The summed E-state index contributed by atoms with van der Waals surface area (Å²) in [7, 11) is 0. The van der Waals surface area contributed by atoms with Gasteiger partial charge in [0.2, 0.25) is 5.91 Å². The van der Waals surface area contributed by atoms with Crippen LogP contribution in [-0.2, 0) is 6.54 Å². The average Bonchev–Trinajstić information content (AvgIpc) is 3.08. The molecular weight excluding hydrogens is 411 g/mol. The van der Waals surface area contributed by atoms with Crippen LogP contribution in [0.1, 0.15) is 37.8 Å². The number of carbonyl (C=O) groups is 2. The van der Waals surface area contributed by atoms with E-state index < -0.39 is 11.8 Å². The highest BCUT2D eigenvalue weighted by Gasteiger charge is 2.20. The maximum absolute atomic E-state index is 13.2. The van der Waals surface area contributed by atoms with Crippen LogP contribution >= 0.6 is 0 Å². The zero-order valence-corrected chi connectivity index (χ0v) is 17.0. The highest BCUT2D eigenvalue weighted by atomic mass is 19.1. The first-order chi connectivity index (χ1) is 15.4. The van der Waals surface area contributed by atoms with Gasteiger partial charge in [0.25, 0.3) is 5.91 Å². The van der Waals surface area contributed by atoms with Crippen molar-refractivity contribution < 1.29 is 14.0 Å². The van der Waals surface area contributed by atoms with E-state index >= 15 is 0 Å². The topological polar surface area (TPSA) is 127 Å². The van der Waals surface area contributed by atoms with Crippen molar-refractivity contribution >= 4 is 28.4 Å². The number of anilines is 1. The molecule has 158 valence electrons. The molecule has 0 fully saturated rings. The molecule has 0 aliphatic carbocycles. The zero-order chi connectivity index (χ0) is 22.8. The molecule has 9 heteroatoms. The Morgan fingerprint density at radius 3 is 2.59 bits per heavy atom. The largest absolute Gasteiger partial charge is 0.366 e. The number of nitrogens with two attached hydrogens (primary N) is 1. The van der Waals surface area contributed by atoms with Crippen LogP contribution in [0.25, 0.3) is 10.9 Å². The molecule has 0 saturated carbocycles. The van der Waals surface area contributed by atoms with E-state index in [4.69, 9.17) is 5.73 Å². The maximum Gasteiger partial charge on any atom is 0.274 e. The second-order valence-electron chi connectivity index (χ2n) is 7.10. The standard InChI is InChI=1S/C23H17FN6O2/c1-13-21(20(11-25)29-30(13)12-14-6-8-15(24)9-7-14)28-23(32)19-10-17(22(26)31)16-4-2-3-5-18(16)27-19/h2-10H,12H2,1H3,(H2,26,31)(H,28,32). The molecule has 0 aliphatic heterocycles. The van der Waals surface area contributed by atoms with Gasteiger partial charge in [-0.2, -0.15) is 10.4 Å². The number of carbonyl (C=O) groups excluding carboxylic acids is 2. The number of hydrogen-bond donors (Lipinski definition) is 2. The summed E-state index contributed by atoms with van der Waals surface area (Å²) in [5.41, 5.74) is 7.64. The molecule has 0 bridgehead atoms. The molecule has 4 aromatic rings. The maximum atomic E-state index is 13.2. The molecule has 2 aromatic heterocycles. The third-order valence-electron chi connectivity index (χ3n) is 5.01. The van der Waals surface area contributed by atoms with E-state index in [0.717, 1.165) is 5.56 Å². The number of pyridine rings is 1. The Bertz CT molecular complexity index is 1400. The van der Waals surface area contributed by atoms with Crippen LogP contribution in [0.2, 0.25) is 0 Å². The van der Waals surface area contributed by atoms with Gasteiger partial charge in [-0.15, -0.1) is 0 Å². The number of fused-ring (bicyclic) bond motifs is 1. The third-order valence-corrected chi connectivity index (χ3v) is 5.01. The summed E-state index contributed by atoms with van der Waals surface area (Å²) in [5.74, 6) is -1.65. The molecule has 8 nitrogen and oxygen atoms in total. The Hall–Kier alpha value is -4.58. The van der Waals surface area contributed by atoms with Gasteiger partial charge < -0.3 is 11.1 Å². The Kier molecular flexibility index (Phi) is 5.35. The molecule has 0 unspecified atom stereocenters. The quantitative estimate of drug-likeness (QED) is 0.505. The van der Waals surface area contributed by atoms with E-state index in [0.29, 0.717) is 16.6 Å². The number of primary amides is 1. The first-order valence-electron chi connectivity index (χ1n) is 9.60. The zero-order valence-electron chi connectivity index (χ0n) is 17.0. The van der Waals surface area contributed by atoms with Gasteiger partial charge in [0.05, 0.1) is 23.3 Å². The summed E-state index contributed by atoms with van der Waals surface area (Å²) < 4.78 is 14.7. The van der Waals surface area contributed by atoms with Gasteiger partial charge >= 0.3 is 0 Å². The molecule has 3 N–H and O–H groups in total. The number of benzene rings is 2. The Morgan fingerprint density at radius 2 is 1.91 bits per heavy atom. The lowest BCUT2D eigenvalue weighted by Crippen LogP contribution is -2.18. The predicted octanol–water partition coefficient (Wildman–Crippen LogP) is 3.15. The number of hydrogen-bond acceptors (Lipinski definition) is 5. The van der Waals surface area contributed by atoms with Gasteiger partial charge in [0, 0.05) is 5.39 Å². The van der Waals surface area contributed by atoms with Crippen molar-refractivity contribution in [1.29, 1.82) is 5.26 Å². The van der Waals surface area contributed by atoms with Gasteiger partial charge in [0.1, 0.15) is 23.3 Å². The summed E-state index contributed by atoms with van der Waals surface area (Å²) in [5, 5.41) is 16.9. The van der Waals surface area contributed by atoms with E-state index in [9.17, 15) is 19.2 Å². The second kappa shape index (κ2) is 8.28. The van der Waals surface area contributed by atoms with Crippen LogP contribution in [0.3, 0.4) is 0 Å². The molecule has 2 aromatic carbocycles. The van der Waals surface area contributed by atoms with Crippen LogP contribution in [-0.4, -0.2) is 26.6 Å². The SMILES string of the molecule is Cc1c(NC(=O)c2cc(C(N)=O)c3ccccc3n2)c(C#N)nn1Cc1ccc(F)cc1. The van der Waals surface area contributed by atoms with Crippen molar-refractivity contribution in [2.75, 3.05) is 5.32 Å². The number of halogens is 1. The lowest BCUT2D eigenvalue weighted by molar-refractivity contribution is 0.100. The van der Waals surface area contributed by atoms with Gasteiger partial charge in [-0.1, -0.05) is 30.3 Å². The Morgan fingerprint density at radius 1 is 1.19 bits per heavy atom. The summed E-state index contributed by atoms with van der Waals surface area (Å²) in [4.78, 5) is 29.1. The number of nitrogens with one attached hydrogen (secondary N) is 1. The van der Waals surface area contributed by atoms with E-state index in [1.165, 1.54) is 18.2 Å². The van der Waals surface area contributed by atoms with Gasteiger partial charge in [0.15, 0.2) is 5.69 Å². The predicted molar refractivity (Wildman–Crippen MR) is 115 cm³/mol. The molecule has 0 saturated heterocycles. The number of nitrogens with zero attached hydrogens (tertiary/aromatic N) is 4. The summed E-state index contributed by atoms with van der Waals surface area (Å²) >= 11 is 0. The van der Waals surface area contributed by atoms with Crippen molar-refractivity contribution in [2.45, 2.75) is 13.5 Å². The molecule has 2 amide bonds. The normalized spacial score (nSPS) is 10.7. The number of nitriles is 1. The second-order valence-corrected chi connectivity index (χ2v) is 7.10. The van der Waals surface area contributed by atoms with Crippen molar-refractivity contribution in [1.82, 2.24) is 14.8 Å². The number of para-hydroxylation sites is 1. The van der Waals surface area contributed by atoms with E-state index in [-0.39, 0.29) is 35.0 Å². The highest BCUT2D eigenvalue weighted by molar-refractivity contribution is 6.10. The van der Waals surface area contributed by atoms with Crippen LogP contribution in [0, 0.1) is 24.1 Å². The average molecular weight is 428 g/mol. The number of aromatic nitrogens is 3. The minimum atomic E-state index is -0.682. The van der Waals surface area contributed by atoms with Crippen LogP contribution in [0.4, 0.5) is 10.1 Å². The molecule has 32 heavy (non-hydrogen) atoms. The van der Waals surface area contributed by atoms with E-state index in [1.807, 2.05) is 6.07 Å². The molecule has 0 spiro atoms. The van der Waals surface area contributed by atoms with Crippen molar-refractivity contribution in [3.05, 3.63) is 88.6 Å². The fraction of sp³-hybridized carbons (Fsp3) is 0.0870. The molecule has 2 heterocycles. The summed E-state index contributed by atoms with van der Waals surface area (Å²) in [6, 6.07) is 16.0. The molecule has 4 rings (SSSR count). The van der Waals surface area contributed by atoms with E-state index in [2.05, 4.69) is 15.4 Å². The van der Waals surface area contributed by atoms with Crippen molar-refractivity contribution in [3.8, 4) is 6.07 Å². The lowest BCUT2D eigenvalue weighted by Gasteiger charge is -2.09. The summed E-state index contributed by atoms with van der Waals surface area (Å²) in [6.07, 6.45) is 0.